The van der Waals surface area contributed by atoms with Gasteiger partial charge in [0.05, 0.1) is 24.2 Å². The largest absolute Gasteiger partial charge is 0.379 e. The van der Waals surface area contributed by atoms with E-state index in [2.05, 4.69) is 40.1 Å². The standard InChI is InChI=1S/C13H17N3O/c1-16-12-5-3-2-4-11(12)15-13(16)8-10-9-17-7-6-14-10/h2-5,10,14H,6-9H2,1H3. The van der Waals surface area contributed by atoms with E-state index in [0.29, 0.717) is 6.04 Å². The fourth-order valence-electron chi connectivity index (χ4n) is 2.35. The Morgan fingerprint density at radius 2 is 2.35 bits per heavy atom. The molecule has 1 N–H and O–H groups in total. The van der Waals surface area contributed by atoms with E-state index >= 15 is 0 Å². The van der Waals surface area contributed by atoms with E-state index < -0.39 is 0 Å². The molecule has 1 aromatic heterocycles. The van der Waals surface area contributed by atoms with Crippen molar-refractivity contribution < 1.29 is 4.74 Å². The van der Waals surface area contributed by atoms with Crippen molar-refractivity contribution in [3.05, 3.63) is 30.1 Å². The van der Waals surface area contributed by atoms with Crippen molar-refractivity contribution in [2.45, 2.75) is 12.5 Å². The summed E-state index contributed by atoms with van der Waals surface area (Å²) in [6.45, 7) is 2.54. The first kappa shape index (κ1) is 10.7. The molecule has 2 heterocycles. The SMILES string of the molecule is Cn1c(CC2COCCN2)nc2ccccc21. The Morgan fingerprint density at radius 1 is 1.47 bits per heavy atom. The van der Waals surface area contributed by atoms with Crippen LogP contribution < -0.4 is 5.32 Å². The summed E-state index contributed by atoms with van der Waals surface area (Å²) in [5, 5.41) is 3.46. The zero-order valence-corrected chi connectivity index (χ0v) is 10.0. The number of hydrogen-bond acceptors (Lipinski definition) is 3. The third kappa shape index (κ3) is 2.06. The quantitative estimate of drug-likeness (QED) is 0.841. The third-order valence-electron chi connectivity index (χ3n) is 3.31. The Labute approximate surface area is 101 Å². The minimum atomic E-state index is 0.388. The molecule has 1 unspecified atom stereocenters. The molecule has 0 aliphatic carbocycles. The number of ether oxygens (including phenoxy) is 1. The summed E-state index contributed by atoms with van der Waals surface area (Å²) in [5.74, 6) is 1.12. The van der Waals surface area contributed by atoms with E-state index in [1.165, 1.54) is 5.52 Å². The molecule has 0 bridgehead atoms. The van der Waals surface area contributed by atoms with Gasteiger partial charge in [-0.1, -0.05) is 12.1 Å². The normalized spacial score (nSPS) is 20.9. The summed E-state index contributed by atoms with van der Waals surface area (Å²) >= 11 is 0. The molecule has 1 aliphatic rings. The predicted octanol–water partition coefficient (Wildman–Crippen LogP) is 1.10. The van der Waals surface area contributed by atoms with Crippen LogP contribution in [0.25, 0.3) is 11.0 Å². The molecule has 17 heavy (non-hydrogen) atoms. The number of aryl methyl sites for hydroxylation is 1. The number of nitrogens with one attached hydrogen (secondary N) is 1. The molecular weight excluding hydrogens is 214 g/mol. The van der Waals surface area contributed by atoms with Crippen LogP contribution in [0.3, 0.4) is 0 Å². The lowest BCUT2D eigenvalue weighted by atomic mass is 10.2. The predicted molar refractivity (Wildman–Crippen MR) is 67.0 cm³/mol. The van der Waals surface area contributed by atoms with E-state index in [-0.39, 0.29) is 0 Å². The minimum absolute atomic E-state index is 0.388. The summed E-state index contributed by atoms with van der Waals surface area (Å²) in [6.07, 6.45) is 0.922. The van der Waals surface area contributed by atoms with Gasteiger partial charge < -0.3 is 14.6 Å². The molecule has 3 rings (SSSR count). The van der Waals surface area contributed by atoms with Crippen LogP contribution in [0.5, 0.6) is 0 Å². The second kappa shape index (κ2) is 4.47. The first-order valence-corrected chi connectivity index (χ1v) is 6.06. The zero-order chi connectivity index (χ0) is 11.7. The number of aromatic nitrogens is 2. The van der Waals surface area contributed by atoms with Crippen LogP contribution in [0.4, 0.5) is 0 Å². The van der Waals surface area contributed by atoms with Crippen LogP contribution in [0.15, 0.2) is 24.3 Å². The molecule has 4 heteroatoms. The van der Waals surface area contributed by atoms with Gasteiger partial charge in [0.1, 0.15) is 5.82 Å². The molecule has 0 spiro atoms. The number of nitrogens with zero attached hydrogens (tertiary/aromatic N) is 2. The number of fused-ring (bicyclic) bond motifs is 1. The molecule has 1 atom stereocenters. The highest BCUT2D eigenvalue weighted by molar-refractivity contribution is 5.75. The van der Waals surface area contributed by atoms with Crippen LogP contribution in [0.1, 0.15) is 5.82 Å². The summed E-state index contributed by atoms with van der Waals surface area (Å²) in [6, 6.07) is 8.64. The topological polar surface area (TPSA) is 39.1 Å². The van der Waals surface area contributed by atoms with Gasteiger partial charge in [0.2, 0.25) is 0 Å². The van der Waals surface area contributed by atoms with Crippen molar-refractivity contribution in [1.29, 1.82) is 0 Å². The molecule has 0 radical (unpaired) electrons. The highest BCUT2D eigenvalue weighted by Gasteiger charge is 2.16. The minimum Gasteiger partial charge on any atom is -0.379 e. The maximum Gasteiger partial charge on any atom is 0.111 e. The number of imidazole rings is 1. The smallest absolute Gasteiger partial charge is 0.111 e. The number of rotatable bonds is 2. The molecule has 1 fully saturated rings. The highest BCUT2D eigenvalue weighted by Crippen LogP contribution is 2.15. The van der Waals surface area contributed by atoms with Crippen LogP contribution >= 0.6 is 0 Å². The molecule has 0 saturated carbocycles. The van der Waals surface area contributed by atoms with Gasteiger partial charge in [0.25, 0.3) is 0 Å². The van der Waals surface area contributed by atoms with Crippen molar-refractivity contribution in [2.75, 3.05) is 19.8 Å². The lowest BCUT2D eigenvalue weighted by molar-refractivity contribution is 0.0762. The first-order valence-electron chi connectivity index (χ1n) is 6.06. The summed E-state index contributed by atoms with van der Waals surface area (Å²) < 4.78 is 7.64. The molecule has 2 aromatic rings. The van der Waals surface area contributed by atoms with E-state index in [0.717, 1.165) is 37.5 Å². The van der Waals surface area contributed by atoms with Crippen LogP contribution in [-0.2, 0) is 18.2 Å². The maximum absolute atomic E-state index is 5.47. The fourth-order valence-corrected chi connectivity index (χ4v) is 2.35. The molecule has 0 amide bonds. The Balaban J connectivity index is 1.87. The van der Waals surface area contributed by atoms with Gasteiger partial charge in [0.15, 0.2) is 0 Å². The van der Waals surface area contributed by atoms with Gasteiger partial charge in [0, 0.05) is 26.1 Å². The first-order chi connectivity index (χ1) is 8.34. The van der Waals surface area contributed by atoms with Crippen molar-refractivity contribution in [3.63, 3.8) is 0 Å². The lowest BCUT2D eigenvalue weighted by Gasteiger charge is -2.23. The van der Waals surface area contributed by atoms with Gasteiger partial charge in [-0.25, -0.2) is 4.98 Å². The molecule has 1 saturated heterocycles. The summed E-state index contributed by atoms with van der Waals surface area (Å²) in [5.41, 5.74) is 2.26. The van der Waals surface area contributed by atoms with E-state index in [4.69, 9.17) is 4.74 Å². The second-order valence-electron chi connectivity index (χ2n) is 4.51. The van der Waals surface area contributed by atoms with Gasteiger partial charge in [-0.15, -0.1) is 0 Å². The van der Waals surface area contributed by atoms with Crippen molar-refractivity contribution in [2.24, 2.45) is 7.05 Å². The van der Waals surface area contributed by atoms with E-state index in [9.17, 15) is 0 Å². The van der Waals surface area contributed by atoms with Gasteiger partial charge in [-0.3, -0.25) is 0 Å². The average molecular weight is 231 g/mol. The van der Waals surface area contributed by atoms with Crippen molar-refractivity contribution in [1.82, 2.24) is 14.9 Å². The number of hydrogen-bond donors (Lipinski definition) is 1. The zero-order valence-electron chi connectivity index (χ0n) is 10.0. The van der Waals surface area contributed by atoms with E-state index in [1.54, 1.807) is 0 Å². The fraction of sp³-hybridized carbons (Fsp3) is 0.462. The molecule has 1 aliphatic heterocycles. The van der Waals surface area contributed by atoms with Crippen LogP contribution in [0.2, 0.25) is 0 Å². The highest BCUT2D eigenvalue weighted by atomic mass is 16.5. The molecule has 90 valence electrons. The second-order valence-corrected chi connectivity index (χ2v) is 4.51. The maximum atomic E-state index is 5.47. The summed E-state index contributed by atoms with van der Waals surface area (Å²) in [7, 11) is 2.08. The Hall–Kier alpha value is -1.39. The number of para-hydroxylation sites is 2. The Kier molecular flexibility index (Phi) is 2.82. The monoisotopic (exact) mass is 231 g/mol. The lowest BCUT2D eigenvalue weighted by Crippen LogP contribution is -2.42. The van der Waals surface area contributed by atoms with Crippen molar-refractivity contribution >= 4 is 11.0 Å². The number of morpholine rings is 1. The Bertz CT molecular complexity index is 514. The molecule has 1 aromatic carbocycles. The molecule has 4 nitrogen and oxygen atoms in total. The van der Waals surface area contributed by atoms with Gasteiger partial charge in [-0.05, 0) is 12.1 Å². The molecular formula is C13H17N3O. The van der Waals surface area contributed by atoms with Crippen molar-refractivity contribution in [3.8, 4) is 0 Å². The van der Waals surface area contributed by atoms with Crippen LogP contribution in [0, 0.1) is 0 Å². The average Bonchev–Trinajstić information content (AvgIpc) is 2.68. The van der Waals surface area contributed by atoms with E-state index in [1.807, 2.05) is 6.07 Å². The Morgan fingerprint density at radius 3 is 3.12 bits per heavy atom. The van der Waals surface area contributed by atoms with Gasteiger partial charge >= 0.3 is 0 Å². The third-order valence-corrected chi connectivity index (χ3v) is 3.31. The van der Waals surface area contributed by atoms with Crippen LogP contribution in [-0.4, -0.2) is 35.4 Å². The number of benzene rings is 1. The van der Waals surface area contributed by atoms with Gasteiger partial charge in [-0.2, -0.15) is 0 Å². The summed E-state index contributed by atoms with van der Waals surface area (Å²) in [4.78, 5) is 4.67.